The van der Waals surface area contributed by atoms with E-state index in [1.54, 1.807) is 25.0 Å². The van der Waals surface area contributed by atoms with Gasteiger partial charge in [0.1, 0.15) is 11.7 Å². The molecule has 1 aliphatic rings. The smallest absolute Gasteiger partial charge is 0.288 e. The van der Waals surface area contributed by atoms with Gasteiger partial charge in [0.15, 0.2) is 11.5 Å². The van der Waals surface area contributed by atoms with Crippen molar-refractivity contribution >= 4 is 11.6 Å². The molecule has 0 spiro atoms. The van der Waals surface area contributed by atoms with Crippen LogP contribution in [-0.2, 0) is 5.41 Å². The lowest BCUT2D eigenvalue weighted by molar-refractivity contribution is 0.355. The van der Waals surface area contributed by atoms with Crippen molar-refractivity contribution in [3.63, 3.8) is 0 Å². The van der Waals surface area contributed by atoms with Crippen LogP contribution < -0.4 is 20.3 Å². The van der Waals surface area contributed by atoms with Crippen LogP contribution in [0.3, 0.4) is 0 Å². The number of H-pyrrole nitrogens is 1. The van der Waals surface area contributed by atoms with Crippen molar-refractivity contribution in [1.29, 1.82) is 0 Å². The van der Waals surface area contributed by atoms with Crippen LogP contribution in [0.15, 0.2) is 47.3 Å². The van der Waals surface area contributed by atoms with Crippen LogP contribution in [0.25, 0.3) is 11.3 Å². The predicted molar refractivity (Wildman–Crippen MR) is 127 cm³/mol. The van der Waals surface area contributed by atoms with E-state index in [4.69, 9.17) is 9.47 Å². The van der Waals surface area contributed by atoms with Crippen LogP contribution in [0.5, 0.6) is 11.5 Å². The number of anilines is 2. The lowest BCUT2D eigenvalue weighted by Crippen LogP contribution is -2.29. The van der Waals surface area contributed by atoms with Crippen molar-refractivity contribution in [2.45, 2.75) is 32.2 Å². The van der Waals surface area contributed by atoms with Crippen molar-refractivity contribution in [2.75, 3.05) is 19.5 Å². The quantitative estimate of drug-likeness (QED) is 0.419. The van der Waals surface area contributed by atoms with E-state index in [0.29, 0.717) is 34.4 Å². The number of aromatic amines is 1. The molecule has 2 aromatic heterocycles. The molecule has 0 amide bonds. The van der Waals surface area contributed by atoms with Gasteiger partial charge in [0, 0.05) is 11.1 Å². The number of aromatic nitrogens is 6. The Balaban J connectivity index is 1.74. The zero-order valence-electron chi connectivity index (χ0n) is 19.6. The van der Waals surface area contributed by atoms with Gasteiger partial charge in [-0.1, -0.05) is 50.1 Å². The maximum atomic E-state index is 12.9. The summed E-state index contributed by atoms with van der Waals surface area (Å²) in [4.78, 5) is 12.9. The number of hydrogen-bond donors (Lipinski definition) is 2. The number of fused-ring (bicyclic) bond motifs is 2. The zero-order valence-corrected chi connectivity index (χ0v) is 19.6. The molecular weight excluding hydrogens is 434 g/mol. The zero-order chi connectivity index (χ0) is 24.0. The fourth-order valence-electron chi connectivity index (χ4n) is 4.21. The lowest BCUT2D eigenvalue weighted by atomic mass is 9.85. The summed E-state index contributed by atoms with van der Waals surface area (Å²) in [5.74, 6) is 1.53. The fourth-order valence-corrected chi connectivity index (χ4v) is 4.21. The van der Waals surface area contributed by atoms with Gasteiger partial charge >= 0.3 is 0 Å². The van der Waals surface area contributed by atoms with Gasteiger partial charge in [-0.15, -0.1) is 0 Å². The Labute approximate surface area is 195 Å². The van der Waals surface area contributed by atoms with E-state index in [9.17, 15) is 4.79 Å². The third kappa shape index (κ3) is 3.47. The number of benzene rings is 2. The lowest BCUT2D eigenvalue weighted by Gasteiger charge is -2.28. The van der Waals surface area contributed by atoms with E-state index in [-0.39, 0.29) is 11.0 Å². The summed E-state index contributed by atoms with van der Waals surface area (Å²) in [5, 5.41) is 22.2. The predicted octanol–water partition coefficient (Wildman–Crippen LogP) is 3.43. The van der Waals surface area contributed by atoms with Crippen LogP contribution in [0.1, 0.15) is 43.5 Å². The highest BCUT2D eigenvalue weighted by atomic mass is 16.5. The Kier molecular flexibility index (Phi) is 5.07. The SMILES string of the molecule is COc1ccc(-c2n[nH]c(=O)c3c2[C@H](c2ccc(C(C)(C)C)cc2)n2nnnc2N3)cc1OC. The normalized spacial score (nSPS) is 14.7. The largest absolute Gasteiger partial charge is 0.493 e. The topological polar surface area (TPSA) is 120 Å². The summed E-state index contributed by atoms with van der Waals surface area (Å²) >= 11 is 0. The molecule has 1 aliphatic heterocycles. The van der Waals surface area contributed by atoms with Gasteiger partial charge in [-0.3, -0.25) is 4.79 Å². The molecule has 0 saturated carbocycles. The monoisotopic (exact) mass is 459 g/mol. The van der Waals surface area contributed by atoms with Crippen molar-refractivity contribution < 1.29 is 9.47 Å². The van der Waals surface area contributed by atoms with Crippen LogP contribution in [-0.4, -0.2) is 44.6 Å². The molecule has 0 fully saturated rings. The van der Waals surface area contributed by atoms with Gasteiger partial charge in [0.05, 0.1) is 19.9 Å². The molecule has 0 unspecified atom stereocenters. The van der Waals surface area contributed by atoms with Crippen molar-refractivity contribution in [1.82, 2.24) is 30.4 Å². The van der Waals surface area contributed by atoms with E-state index in [2.05, 4.69) is 63.9 Å². The number of tetrazole rings is 1. The Morgan fingerprint density at radius 1 is 1.00 bits per heavy atom. The first-order valence-electron chi connectivity index (χ1n) is 10.8. The Bertz CT molecular complexity index is 1420. The molecule has 2 N–H and O–H groups in total. The number of ether oxygens (including phenoxy) is 2. The Morgan fingerprint density at radius 2 is 1.74 bits per heavy atom. The first kappa shape index (κ1) is 21.6. The molecule has 3 heterocycles. The molecule has 0 aliphatic carbocycles. The van der Waals surface area contributed by atoms with Crippen molar-refractivity contribution in [2.24, 2.45) is 0 Å². The minimum absolute atomic E-state index is 0.00798. The molecule has 2 aromatic carbocycles. The maximum Gasteiger partial charge on any atom is 0.288 e. The Morgan fingerprint density at radius 3 is 2.41 bits per heavy atom. The average molecular weight is 460 g/mol. The van der Waals surface area contributed by atoms with Crippen molar-refractivity contribution in [3.05, 3.63) is 69.5 Å². The minimum Gasteiger partial charge on any atom is -0.493 e. The summed E-state index contributed by atoms with van der Waals surface area (Å²) in [6, 6.07) is 13.3. The molecular formula is C24H25N7O3. The number of hydrogen-bond acceptors (Lipinski definition) is 8. The summed E-state index contributed by atoms with van der Waals surface area (Å²) < 4.78 is 12.5. The van der Waals surface area contributed by atoms with Gasteiger partial charge in [0.25, 0.3) is 5.56 Å². The molecule has 0 bridgehead atoms. The molecule has 0 radical (unpaired) electrons. The van der Waals surface area contributed by atoms with Gasteiger partial charge in [-0.2, -0.15) is 9.78 Å². The maximum absolute atomic E-state index is 12.9. The van der Waals surface area contributed by atoms with E-state index >= 15 is 0 Å². The second-order valence-corrected chi connectivity index (χ2v) is 9.11. The summed E-state index contributed by atoms with van der Waals surface area (Å²) in [6.07, 6.45) is 0. The van der Waals surface area contributed by atoms with E-state index in [0.717, 1.165) is 11.1 Å². The molecule has 4 aromatic rings. The molecule has 0 saturated heterocycles. The standard InChI is InChI=1S/C24H25N7O3/c1-24(2,3)15-9-6-13(7-10-15)21-18-19(14-8-11-16(33-4)17(12-14)34-5)26-27-22(32)20(18)25-23-28-29-30-31(21)23/h6-12,21H,1-5H3,(H,27,32)(H,25,28,30)/t21-/m0/s1. The minimum atomic E-state index is -0.465. The number of rotatable bonds is 4. The number of nitrogens with zero attached hydrogens (tertiary/aromatic N) is 5. The van der Waals surface area contributed by atoms with Crippen LogP contribution >= 0.6 is 0 Å². The second kappa shape index (κ2) is 7.98. The summed E-state index contributed by atoms with van der Waals surface area (Å²) in [7, 11) is 3.16. The first-order valence-corrected chi connectivity index (χ1v) is 10.8. The van der Waals surface area contributed by atoms with Gasteiger partial charge < -0.3 is 14.8 Å². The van der Waals surface area contributed by atoms with Crippen LogP contribution in [0, 0.1) is 0 Å². The fraction of sp³-hybridized carbons (Fsp3) is 0.292. The third-order valence-electron chi connectivity index (χ3n) is 6.02. The first-order chi connectivity index (χ1) is 16.3. The molecule has 10 heteroatoms. The van der Waals surface area contributed by atoms with Crippen LogP contribution in [0.4, 0.5) is 11.6 Å². The number of nitrogens with one attached hydrogen (secondary N) is 2. The summed E-state index contributed by atoms with van der Waals surface area (Å²) in [6.45, 7) is 6.50. The highest BCUT2D eigenvalue weighted by Gasteiger charge is 2.34. The van der Waals surface area contributed by atoms with Gasteiger partial charge in [-0.25, -0.2) is 5.10 Å². The van der Waals surface area contributed by atoms with Crippen molar-refractivity contribution in [3.8, 4) is 22.8 Å². The third-order valence-corrected chi connectivity index (χ3v) is 6.02. The molecule has 5 rings (SSSR count). The van der Waals surface area contributed by atoms with Gasteiger partial charge in [-0.05, 0) is 45.2 Å². The Hall–Kier alpha value is -4.21. The summed E-state index contributed by atoms with van der Waals surface area (Å²) in [5.41, 5.74) is 4.13. The average Bonchev–Trinajstić information content (AvgIpc) is 3.31. The van der Waals surface area contributed by atoms with Gasteiger partial charge in [0.2, 0.25) is 5.95 Å². The highest BCUT2D eigenvalue weighted by molar-refractivity contribution is 5.76. The highest BCUT2D eigenvalue weighted by Crippen LogP contribution is 2.42. The molecule has 1 atom stereocenters. The van der Waals surface area contributed by atoms with Crippen LogP contribution in [0.2, 0.25) is 0 Å². The molecule has 34 heavy (non-hydrogen) atoms. The molecule has 174 valence electrons. The number of methoxy groups -OCH3 is 2. The van der Waals surface area contributed by atoms with E-state index in [1.165, 1.54) is 5.56 Å². The van der Waals surface area contributed by atoms with E-state index in [1.807, 2.05) is 24.3 Å². The second-order valence-electron chi connectivity index (χ2n) is 9.11. The molecule has 10 nitrogen and oxygen atoms in total. The van der Waals surface area contributed by atoms with E-state index < -0.39 is 6.04 Å².